The van der Waals surface area contributed by atoms with Crippen molar-refractivity contribution in [2.45, 2.75) is 32.2 Å². The summed E-state index contributed by atoms with van der Waals surface area (Å²) in [5.41, 5.74) is 3.49. The number of aromatic nitrogens is 1. The van der Waals surface area contributed by atoms with Crippen molar-refractivity contribution in [2.24, 2.45) is 0 Å². The number of hydrogen-bond acceptors (Lipinski definition) is 6. The van der Waals surface area contributed by atoms with Crippen molar-refractivity contribution in [1.82, 2.24) is 14.8 Å². The van der Waals surface area contributed by atoms with Crippen LogP contribution in [0.1, 0.15) is 35.2 Å². The first kappa shape index (κ1) is 19.6. The van der Waals surface area contributed by atoms with E-state index in [4.69, 9.17) is 14.1 Å². The molecule has 5 rings (SSSR count). The van der Waals surface area contributed by atoms with Crippen LogP contribution in [0, 0.1) is 6.92 Å². The summed E-state index contributed by atoms with van der Waals surface area (Å²) >= 11 is 0. The molecular weight excluding hydrogens is 380 g/mol. The molecule has 0 bridgehead atoms. The van der Waals surface area contributed by atoms with Crippen LogP contribution in [0.25, 0.3) is 0 Å². The van der Waals surface area contributed by atoms with Crippen molar-refractivity contribution in [3.05, 3.63) is 47.2 Å². The normalized spacial score (nSPS) is 22.4. The van der Waals surface area contributed by atoms with Gasteiger partial charge in [0.15, 0.2) is 5.89 Å². The molecule has 160 valence electrons. The summed E-state index contributed by atoms with van der Waals surface area (Å²) < 4.78 is 11.4. The van der Waals surface area contributed by atoms with Crippen LogP contribution in [0.3, 0.4) is 0 Å². The van der Waals surface area contributed by atoms with Crippen LogP contribution >= 0.6 is 0 Å². The molecule has 1 aromatic carbocycles. The number of nitrogens with zero attached hydrogens (tertiary/aromatic N) is 4. The zero-order chi connectivity index (χ0) is 20.5. The minimum Gasteiger partial charge on any atom is -0.445 e. The fourth-order valence-electron chi connectivity index (χ4n) is 4.62. The minimum atomic E-state index is 0.193. The molecule has 0 aliphatic carbocycles. The van der Waals surface area contributed by atoms with E-state index in [-0.39, 0.29) is 11.8 Å². The number of oxazole rings is 1. The lowest BCUT2D eigenvalue weighted by molar-refractivity contribution is -0.133. The summed E-state index contributed by atoms with van der Waals surface area (Å²) in [6.45, 7) is 9.09. The Morgan fingerprint density at radius 3 is 2.83 bits per heavy atom. The Hall–Kier alpha value is -2.38. The van der Waals surface area contributed by atoms with Crippen molar-refractivity contribution in [3.63, 3.8) is 0 Å². The summed E-state index contributed by atoms with van der Waals surface area (Å²) in [6, 6.07) is 8.64. The van der Waals surface area contributed by atoms with Crippen molar-refractivity contribution < 1.29 is 13.9 Å². The molecule has 1 unspecified atom stereocenters. The second-order valence-electron chi connectivity index (χ2n) is 8.65. The topological polar surface area (TPSA) is 62.0 Å². The third-order valence-electron chi connectivity index (χ3n) is 6.47. The number of amides is 1. The molecule has 2 aromatic rings. The first-order valence-electron chi connectivity index (χ1n) is 11.0. The van der Waals surface area contributed by atoms with Crippen LogP contribution in [-0.4, -0.2) is 73.2 Å². The first-order chi connectivity index (χ1) is 14.7. The van der Waals surface area contributed by atoms with E-state index in [0.717, 1.165) is 63.0 Å². The molecule has 1 aromatic heterocycles. The fourth-order valence-corrected chi connectivity index (χ4v) is 4.62. The van der Waals surface area contributed by atoms with Gasteiger partial charge in [0.25, 0.3) is 0 Å². The van der Waals surface area contributed by atoms with E-state index in [1.807, 2.05) is 4.90 Å². The smallest absolute Gasteiger partial charge is 0.237 e. The second-order valence-corrected chi connectivity index (χ2v) is 8.65. The predicted octanol–water partition coefficient (Wildman–Crippen LogP) is 2.19. The van der Waals surface area contributed by atoms with Gasteiger partial charge in [0.2, 0.25) is 5.91 Å². The monoisotopic (exact) mass is 410 g/mol. The Balaban J connectivity index is 1.14. The van der Waals surface area contributed by atoms with Gasteiger partial charge >= 0.3 is 0 Å². The molecule has 0 spiro atoms. The molecule has 4 heterocycles. The number of fused-ring (bicyclic) bond motifs is 1. The molecule has 0 saturated carbocycles. The van der Waals surface area contributed by atoms with Gasteiger partial charge in [0, 0.05) is 51.4 Å². The van der Waals surface area contributed by atoms with Gasteiger partial charge in [0.1, 0.15) is 11.5 Å². The third-order valence-corrected chi connectivity index (χ3v) is 6.47. The van der Waals surface area contributed by atoms with Gasteiger partial charge in [-0.3, -0.25) is 9.69 Å². The maximum Gasteiger partial charge on any atom is 0.237 e. The largest absolute Gasteiger partial charge is 0.445 e. The molecule has 2 saturated heterocycles. The number of carbonyl (C=O) groups is 1. The molecule has 7 nitrogen and oxygen atoms in total. The van der Waals surface area contributed by atoms with E-state index in [2.05, 4.69) is 41.0 Å². The minimum absolute atomic E-state index is 0.193. The van der Waals surface area contributed by atoms with E-state index >= 15 is 0 Å². The molecule has 3 aliphatic heterocycles. The average molecular weight is 411 g/mol. The molecule has 3 aliphatic rings. The molecular formula is C23H30N4O3. The van der Waals surface area contributed by atoms with E-state index in [1.54, 1.807) is 0 Å². The van der Waals surface area contributed by atoms with E-state index in [1.165, 1.54) is 11.3 Å². The Labute approximate surface area is 177 Å². The maximum atomic E-state index is 12.9. The Morgan fingerprint density at radius 1 is 1.20 bits per heavy atom. The number of hydrogen-bond donors (Lipinski definition) is 0. The third kappa shape index (κ3) is 4.09. The van der Waals surface area contributed by atoms with E-state index < -0.39 is 0 Å². The number of piperazine rings is 1. The van der Waals surface area contributed by atoms with Crippen LogP contribution in [-0.2, 0) is 22.5 Å². The maximum absolute atomic E-state index is 12.9. The SMILES string of the molecule is Cc1cccc(N2CCN(CC(=O)N3CCc4oc(C5CCOC5)nc4C3)CC2)c1. The second kappa shape index (κ2) is 8.40. The van der Waals surface area contributed by atoms with Crippen LogP contribution in [0.4, 0.5) is 5.69 Å². The van der Waals surface area contributed by atoms with Gasteiger partial charge in [-0.15, -0.1) is 0 Å². The van der Waals surface area contributed by atoms with Gasteiger partial charge in [-0.1, -0.05) is 12.1 Å². The van der Waals surface area contributed by atoms with Gasteiger partial charge < -0.3 is 19.0 Å². The molecule has 2 fully saturated rings. The highest BCUT2D eigenvalue weighted by molar-refractivity contribution is 5.78. The highest BCUT2D eigenvalue weighted by Crippen LogP contribution is 2.29. The lowest BCUT2D eigenvalue weighted by Gasteiger charge is -2.37. The lowest BCUT2D eigenvalue weighted by atomic mass is 10.1. The predicted molar refractivity (Wildman–Crippen MR) is 114 cm³/mol. The summed E-state index contributed by atoms with van der Waals surface area (Å²) in [4.78, 5) is 24.2. The zero-order valence-corrected chi connectivity index (χ0v) is 17.7. The quantitative estimate of drug-likeness (QED) is 0.770. The number of anilines is 1. The first-order valence-corrected chi connectivity index (χ1v) is 11.0. The van der Waals surface area contributed by atoms with Crippen LogP contribution in [0.5, 0.6) is 0 Å². The van der Waals surface area contributed by atoms with Gasteiger partial charge in [-0.25, -0.2) is 4.98 Å². The Morgan fingerprint density at radius 2 is 2.07 bits per heavy atom. The molecule has 0 radical (unpaired) electrons. The highest BCUT2D eigenvalue weighted by atomic mass is 16.5. The number of ether oxygens (including phenoxy) is 1. The van der Waals surface area contributed by atoms with E-state index in [0.29, 0.717) is 26.2 Å². The molecule has 30 heavy (non-hydrogen) atoms. The molecule has 0 N–H and O–H groups in total. The fraction of sp³-hybridized carbons (Fsp3) is 0.565. The number of aryl methyl sites for hydroxylation is 1. The molecule has 1 atom stereocenters. The summed E-state index contributed by atoms with van der Waals surface area (Å²) in [5.74, 6) is 2.20. The summed E-state index contributed by atoms with van der Waals surface area (Å²) in [6.07, 6.45) is 1.72. The number of benzene rings is 1. The van der Waals surface area contributed by atoms with Crippen LogP contribution < -0.4 is 4.90 Å². The van der Waals surface area contributed by atoms with Crippen molar-refractivity contribution in [3.8, 4) is 0 Å². The van der Waals surface area contributed by atoms with E-state index in [9.17, 15) is 4.79 Å². The van der Waals surface area contributed by atoms with Crippen molar-refractivity contribution in [2.75, 3.05) is 57.4 Å². The average Bonchev–Trinajstić information content (AvgIpc) is 3.43. The zero-order valence-electron chi connectivity index (χ0n) is 17.7. The van der Waals surface area contributed by atoms with Crippen LogP contribution in [0.15, 0.2) is 28.7 Å². The Bertz CT molecular complexity index is 898. The number of rotatable bonds is 4. The summed E-state index contributed by atoms with van der Waals surface area (Å²) in [5, 5.41) is 0. The van der Waals surface area contributed by atoms with Crippen LogP contribution in [0.2, 0.25) is 0 Å². The number of carbonyl (C=O) groups excluding carboxylic acids is 1. The summed E-state index contributed by atoms with van der Waals surface area (Å²) in [7, 11) is 0. The molecule has 7 heteroatoms. The molecule has 1 amide bonds. The van der Waals surface area contributed by atoms with Gasteiger partial charge in [-0.2, -0.15) is 0 Å². The Kier molecular flexibility index (Phi) is 5.48. The highest BCUT2D eigenvalue weighted by Gasteiger charge is 2.30. The van der Waals surface area contributed by atoms with Gasteiger partial charge in [-0.05, 0) is 31.0 Å². The van der Waals surface area contributed by atoms with Crippen molar-refractivity contribution in [1.29, 1.82) is 0 Å². The van der Waals surface area contributed by atoms with Crippen molar-refractivity contribution >= 4 is 11.6 Å². The lowest BCUT2D eigenvalue weighted by Crippen LogP contribution is -2.50. The standard InChI is InChI=1S/C23H30N4O3/c1-17-3-2-4-19(13-17)26-10-8-25(9-11-26)15-22(28)27-7-5-21-20(14-27)24-23(30-21)18-6-12-29-16-18/h2-4,13,18H,5-12,14-16H2,1H3. The van der Waals surface area contributed by atoms with Gasteiger partial charge in [0.05, 0.1) is 25.6 Å².